The van der Waals surface area contributed by atoms with Crippen LogP contribution in [0.5, 0.6) is 0 Å². The van der Waals surface area contributed by atoms with Gasteiger partial charge in [0.15, 0.2) is 0 Å². The van der Waals surface area contributed by atoms with E-state index >= 15 is 0 Å². The molecule has 2 rings (SSSR count). The minimum absolute atomic E-state index is 0.257. The normalized spacial score (nSPS) is 24.3. The summed E-state index contributed by atoms with van der Waals surface area (Å²) < 4.78 is 13.3. The van der Waals surface area contributed by atoms with Gasteiger partial charge in [0.1, 0.15) is 5.82 Å². The van der Waals surface area contributed by atoms with E-state index in [1.165, 1.54) is 12.6 Å². The van der Waals surface area contributed by atoms with Crippen LogP contribution in [0.2, 0.25) is 0 Å². The summed E-state index contributed by atoms with van der Waals surface area (Å²) in [6.07, 6.45) is 6.41. The molecule has 100 valence electrons. The summed E-state index contributed by atoms with van der Waals surface area (Å²) in [7, 11) is 0. The zero-order chi connectivity index (χ0) is 13.0. The molecule has 1 aromatic rings. The lowest BCUT2D eigenvalue weighted by Gasteiger charge is -2.41. The lowest BCUT2D eigenvalue weighted by atomic mass is 10.0. The number of halogens is 1. The molecule has 2 unspecified atom stereocenters. The first kappa shape index (κ1) is 13.3. The maximum Gasteiger partial charge on any atom is 0.143 e. The van der Waals surface area contributed by atoms with Crippen molar-refractivity contribution in [1.29, 1.82) is 0 Å². The van der Waals surface area contributed by atoms with Gasteiger partial charge in [0.2, 0.25) is 0 Å². The van der Waals surface area contributed by atoms with Gasteiger partial charge in [0.25, 0.3) is 0 Å². The molecule has 0 spiro atoms. The van der Waals surface area contributed by atoms with E-state index in [4.69, 9.17) is 0 Å². The standard InChI is InChI=1S/C14H22FN3/c1-3-5-12-10-18(13(4-2)9-17-12)14-6-11(15)7-16-8-14/h6-8,12-13,17H,3-5,9-10H2,1-2H3. The molecule has 0 aromatic carbocycles. The molecule has 0 bridgehead atoms. The van der Waals surface area contributed by atoms with Gasteiger partial charge in [-0.25, -0.2) is 4.39 Å². The van der Waals surface area contributed by atoms with Gasteiger partial charge in [-0.1, -0.05) is 20.3 Å². The van der Waals surface area contributed by atoms with Gasteiger partial charge in [-0.2, -0.15) is 0 Å². The van der Waals surface area contributed by atoms with Gasteiger partial charge in [-0.05, 0) is 12.8 Å². The molecule has 1 aromatic heterocycles. The molecule has 0 amide bonds. The van der Waals surface area contributed by atoms with Crippen LogP contribution in [0, 0.1) is 5.82 Å². The van der Waals surface area contributed by atoms with Crippen LogP contribution in [0.1, 0.15) is 33.1 Å². The molecule has 1 aliphatic rings. The summed E-state index contributed by atoms with van der Waals surface area (Å²) in [5, 5.41) is 3.58. The highest BCUT2D eigenvalue weighted by atomic mass is 19.1. The van der Waals surface area contributed by atoms with E-state index in [2.05, 4.69) is 29.0 Å². The van der Waals surface area contributed by atoms with Crippen molar-refractivity contribution in [3.05, 3.63) is 24.3 Å². The molecule has 1 saturated heterocycles. The van der Waals surface area contributed by atoms with E-state index in [0.29, 0.717) is 12.1 Å². The van der Waals surface area contributed by atoms with Crippen LogP contribution in [-0.2, 0) is 0 Å². The zero-order valence-corrected chi connectivity index (χ0v) is 11.2. The van der Waals surface area contributed by atoms with Crippen LogP contribution in [0.25, 0.3) is 0 Å². The minimum atomic E-state index is -0.257. The maximum atomic E-state index is 13.3. The van der Waals surface area contributed by atoms with Gasteiger partial charge in [0.05, 0.1) is 18.1 Å². The number of hydrogen-bond acceptors (Lipinski definition) is 3. The van der Waals surface area contributed by atoms with Gasteiger partial charge >= 0.3 is 0 Å². The van der Waals surface area contributed by atoms with Crippen molar-refractivity contribution in [2.24, 2.45) is 0 Å². The van der Waals surface area contributed by atoms with E-state index < -0.39 is 0 Å². The Labute approximate surface area is 108 Å². The van der Waals surface area contributed by atoms with Crippen molar-refractivity contribution < 1.29 is 4.39 Å². The molecule has 1 fully saturated rings. The maximum absolute atomic E-state index is 13.3. The second-order valence-corrected chi connectivity index (χ2v) is 4.97. The van der Waals surface area contributed by atoms with Crippen LogP contribution in [0.4, 0.5) is 10.1 Å². The summed E-state index contributed by atoms with van der Waals surface area (Å²) in [5.41, 5.74) is 0.907. The summed E-state index contributed by atoms with van der Waals surface area (Å²) in [6, 6.07) is 2.52. The molecule has 2 atom stereocenters. The van der Waals surface area contributed by atoms with Crippen LogP contribution >= 0.6 is 0 Å². The number of nitrogens with zero attached hydrogens (tertiary/aromatic N) is 2. The topological polar surface area (TPSA) is 28.2 Å². The first-order chi connectivity index (χ1) is 8.74. The van der Waals surface area contributed by atoms with Gasteiger partial charge in [-0.3, -0.25) is 4.98 Å². The van der Waals surface area contributed by atoms with E-state index in [1.807, 2.05) is 0 Å². The number of hydrogen-bond donors (Lipinski definition) is 1. The highest BCUT2D eigenvalue weighted by molar-refractivity contribution is 5.46. The fourth-order valence-electron chi connectivity index (χ4n) is 2.64. The van der Waals surface area contributed by atoms with Crippen LogP contribution in [0.3, 0.4) is 0 Å². The van der Waals surface area contributed by atoms with Gasteiger partial charge in [-0.15, -0.1) is 0 Å². The second-order valence-electron chi connectivity index (χ2n) is 4.97. The first-order valence-electron chi connectivity index (χ1n) is 6.85. The predicted octanol–water partition coefficient (Wildman–Crippen LogP) is 2.58. The average molecular weight is 251 g/mol. The monoisotopic (exact) mass is 251 g/mol. The first-order valence-corrected chi connectivity index (χ1v) is 6.85. The third-order valence-electron chi connectivity index (χ3n) is 3.63. The molecule has 2 heterocycles. The molecule has 18 heavy (non-hydrogen) atoms. The average Bonchev–Trinajstić information content (AvgIpc) is 2.39. The van der Waals surface area contributed by atoms with Gasteiger partial charge < -0.3 is 10.2 Å². The van der Waals surface area contributed by atoms with Crippen LogP contribution in [-0.4, -0.2) is 30.2 Å². The second kappa shape index (κ2) is 6.14. The van der Waals surface area contributed by atoms with Crippen molar-refractivity contribution in [3.8, 4) is 0 Å². The SMILES string of the molecule is CCCC1CN(c2cncc(F)c2)C(CC)CN1. The Bertz CT molecular complexity index is 383. The van der Waals surface area contributed by atoms with Crippen molar-refractivity contribution in [2.45, 2.75) is 45.2 Å². The number of anilines is 1. The lowest BCUT2D eigenvalue weighted by Crippen LogP contribution is -2.56. The highest BCUT2D eigenvalue weighted by Crippen LogP contribution is 2.22. The number of pyridine rings is 1. The molecule has 1 N–H and O–H groups in total. The predicted molar refractivity (Wildman–Crippen MR) is 72.3 cm³/mol. The third-order valence-corrected chi connectivity index (χ3v) is 3.63. The summed E-state index contributed by atoms with van der Waals surface area (Å²) >= 11 is 0. The summed E-state index contributed by atoms with van der Waals surface area (Å²) in [5.74, 6) is -0.257. The van der Waals surface area contributed by atoms with E-state index in [-0.39, 0.29) is 5.82 Å². The summed E-state index contributed by atoms with van der Waals surface area (Å²) in [6.45, 7) is 6.28. The van der Waals surface area contributed by atoms with Crippen molar-refractivity contribution in [1.82, 2.24) is 10.3 Å². The Hall–Kier alpha value is -1.16. The van der Waals surface area contributed by atoms with Crippen LogP contribution < -0.4 is 10.2 Å². The molecule has 1 aliphatic heterocycles. The molecule has 0 radical (unpaired) electrons. The fraction of sp³-hybridized carbons (Fsp3) is 0.643. The van der Waals surface area contributed by atoms with Crippen molar-refractivity contribution >= 4 is 5.69 Å². The largest absolute Gasteiger partial charge is 0.364 e. The number of rotatable bonds is 4. The molecule has 3 nitrogen and oxygen atoms in total. The molecule has 0 saturated carbocycles. The quantitative estimate of drug-likeness (QED) is 0.891. The van der Waals surface area contributed by atoms with E-state index in [1.54, 1.807) is 12.3 Å². The third kappa shape index (κ3) is 2.99. The Morgan fingerprint density at radius 3 is 2.94 bits per heavy atom. The Balaban J connectivity index is 2.15. The summed E-state index contributed by atoms with van der Waals surface area (Å²) in [4.78, 5) is 6.26. The Kier molecular flexibility index (Phi) is 4.53. The molecular formula is C14H22FN3. The molecule has 4 heteroatoms. The Morgan fingerprint density at radius 2 is 2.28 bits per heavy atom. The minimum Gasteiger partial charge on any atom is -0.364 e. The zero-order valence-electron chi connectivity index (χ0n) is 11.2. The lowest BCUT2D eigenvalue weighted by molar-refractivity contribution is 0.368. The van der Waals surface area contributed by atoms with Crippen LogP contribution in [0.15, 0.2) is 18.5 Å². The number of nitrogens with one attached hydrogen (secondary N) is 1. The molecular weight excluding hydrogens is 229 g/mol. The van der Waals surface area contributed by atoms with Crippen molar-refractivity contribution in [3.63, 3.8) is 0 Å². The molecule has 0 aliphatic carbocycles. The van der Waals surface area contributed by atoms with E-state index in [0.717, 1.165) is 31.6 Å². The number of aromatic nitrogens is 1. The Morgan fingerprint density at radius 1 is 1.44 bits per heavy atom. The smallest absolute Gasteiger partial charge is 0.143 e. The van der Waals surface area contributed by atoms with Crippen molar-refractivity contribution in [2.75, 3.05) is 18.0 Å². The fourth-order valence-corrected chi connectivity index (χ4v) is 2.64. The van der Waals surface area contributed by atoms with Gasteiger partial charge in [0, 0.05) is 31.2 Å². The highest BCUT2D eigenvalue weighted by Gasteiger charge is 2.26. The number of piperazine rings is 1. The van der Waals surface area contributed by atoms with E-state index in [9.17, 15) is 4.39 Å².